The Balaban J connectivity index is 1.86. The van der Waals surface area contributed by atoms with Gasteiger partial charge in [0.1, 0.15) is 12.4 Å². The maximum absolute atomic E-state index is 5.94. The van der Waals surface area contributed by atoms with Gasteiger partial charge in [-0.15, -0.1) is 0 Å². The number of hydrogen-bond acceptors (Lipinski definition) is 3. The standard InChI is InChI=1S/C13H18N2O/c1-2-11-12(9-6-7-9)14-8-15-13(11)16-10-4-3-5-10/h8-10H,2-7H2,1H3. The Labute approximate surface area is 96.3 Å². The molecule has 0 spiro atoms. The van der Waals surface area contributed by atoms with Crippen molar-refractivity contribution in [2.45, 2.75) is 57.5 Å². The minimum Gasteiger partial charge on any atom is -0.474 e. The normalized spacial score (nSPS) is 20.6. The molecule has 0 bridgehead atoms. The SMILES string of the molecule is CCc1c(OC2CCC2)ncnc1C1CC1. The lowest BCUT2D eigenvalue weighted by Gasteiger charge is -2.26. The number of aromatic nitrogens is 2. The molecule has 1 aromatic rings. The van der Waals surface area contributed by atoms with E-state index in [-0.39, 0.29) is 0 Å². The summed E-state index contributed by atoms with van der Waals surface area (Å²) >= 11 is 0. The molecule has 0 atom stereocenters. The zero-order valence-corrected chi connectivity index (χ0v) is 9.78. The fourth-order valence-electron chi connectivity index (χ4n) is 2.20. The quantitative estimate of drug-likeness (QED) is 0.779. The van der Waals surface area contributed by atoms with E-state index >= 15 is 0 Å². The first-order valence-corrected chi connectivity index (χ1v) is 6.39. The van der Waals surface area contributed by atoms with Crippen LogP contribution in [0, 0.1) is 0 Å². The Morgan fingerprint density at radius 2 is 2.06 bits per heavy atom. The van der Waals surface area contributed by atoms with E-state index in [9.17, 15) is 0 Å². The van der Waals surface area contributed by atoms with E-state index in [4.69, 9.17) is 4.74 Å². The zero-order chi connectivity index (χ0) is 11.0. The first kappa shape index (κ1) is 10.1. The van der Waals surface area contributed by atoms with Gasteiger partial charge in [-0.25, -0.2) is 9.97 Å². The van der Waals surface area contributed by atoms with Gasteiger partial charge in [0.25, 0.3) is 0 Å². The van der Waals surface area contributed by atoms with Gasteiger partial charge in [0.2, 0.25) is 5.88 Å². The highest BCUT2D eigenvalue weighted by molar-refractivity contribution is 5.34. The molecule has 0 aliphatic heterocycles. The highest BCUT2D eigenvalue weighted by atomic mass is 16.5. The Morgan fingerprint density at radius 1 is 1.25 bits per heavy atom. The summed E-state index contributed by atoms with van der Waals surface area (Å²) in [5, 5.41) is 0. The van der Waals surface area contributed by atoms with Gasteiger partial charge in [0, 0.05) is 11.5 Å². The van der Waals surface area contributed by atoms with Crippen molar-refractivity contribution in [1.29, 1.82) is 0 Å². The van der Waals surface area contributed by atoms with Crippen LogP contribution in [0.1, 0.15) is 56.2 Å². The number of ether oxygens (including phenoxy) is 1. The lowest BCUT2D eigenvalue weighted by molar-refractivity contribution is 0.113. The molecular formula is C13H18N2O. The van der Waals surface area contributed by atoms with Gasteiger partial charge < -0.3 is 4.74 Å². The van der Waals surface area contributed by atoms with E-state index in [1.54, 1.807) is 6.33 Å². The fourth-order valence-corrected chi connectivity index (χ4v) is 2.20. The maximum atomic E-state index is 5.94. The highest BCUT2D eigenvalue weighted by Gasteiger charge is 2.30. The van der Waals surface area contributed by atoms with Crippen molar-refractivity contribution in [1.82, 2.24) is 9.97 Å². The van der Waals surface area contributed by atoms with Crippen LogP contribution in [0.15, 0.2) is 6.33 Å². The molecular weight excluding hydrogens is 200 g/mol. The van der Waals surface area contributed by atoms with Gasteiger partial charge in [-0.1, -0.05) is 6.92 Å². The van der Waals surface area contributed by atoms with Crippen LogP contribution in [0.2, 0.25) is 0 Å². The summed E-state index contributed by atoms with van der Waals surface area (Å²) < 4.78 is 5.94. The molecule has 2 aliphatic carbocycles. The third-order valence-corrected chi connectivity index (χ3v) is 3.59. The number of rotatable bonds is 4. The fraction of sp³-hybridized carbons (Fsp3) is 0.692. The second kappa shape index (κ2) is 4.04. The van der Waals surface area contributed by atoms with Crippen LogP contribution in [-0.2, 0) is 6.42 Å². The summed E-state index contributed by atoms with van der Waals surface area (Å²) in [4.78, 5) is 8.74. The van der Waals surface area contributed by atoms with Crippen molar-refractivity contribution in [2.75, 3.05) is 0 Å². The van der Waals surface area contributed by atoms with E-state index in [1.165, 1.54) is 43.4 Å². The van der Waals surface area contributed by atoms with E-state index < -0.39 is 0 Å². The van der Waals surface area contributed by atoms with Crippen LogP contribution in [-0.4, -0.2) is 16.1 Å². The smallest absolute Gasteiger partial charge is 0.220 e. The topological polar surface area (TPSA) is 35.0 Å². The number of nitrogens with zero attached hydrogens (tertiary/aromatic N) is 2. The molecule has 2 fully saturated rings. The Bertz CT molecular complexity index is 384. The van der Waals surface area contributed by atoms with Crippen LogP contribution in [0.5, 0.6) is 5.88 Å². The monoisotopic (exact) mass is 218 g/mol. The van der Waals surface area contributed by atoms with Crippen molar-refractivity contribution in [2.24, 2.45) is 0 Å². The maximum Gasteiger partial charge on any atom is 0.220 e. The van der Waals surface area contributed by atoms with Crippen LogP contribution in [0.4, 0.5) is 0 Å². The molecule has 0 unspecified atom stereocenters. The number of hydrogen-bond donors (Lipinski definition) is 0. The summed E-state index contributed by atoms with van der Waals surface area (Å²) in [6.45, 7) is 2.16. The largest absolute Gasteiger partial charge is 0.474 e. The molecule has 3 rings (SSSR count). The van der Waals surface area contributed by atoms with Crippen LogP contribution >= 0.6 is 0 Å². The summed E-state index contributed by atoms with van der Waals surface area (Å²) in [7, 11) is 0. The van der Waals surface area contributed by atoms with Crippen molar-refractivity contribution in [3.63, 3.8) is 0 Å². The molecule has 0 saturated heterocycles. The van der Waals surface area contributed by atoms with Crippen molar-refractivity contribution < 1.29 is 4.74 Å². The molecule has 3 nitrogen and oxygen atoms in total. The second-order valence-electron chi connectivity index (χ2n) is 4.84. The van der Waals surface area contributed by atoms with Gasteiger partial charge in [0.05, 0.1) is 5.69 Å². The molecule has 86 valence electrons. The molecule has 0 radical (unpaired) electrons. The van der Waals surface area contributed by atoms with E-state index in [0.29, 0.717) is 12.0 Å². The van der Waals surface area contributed by atoms with Gasteiger partial charge in [0.15, 0.2) is 0 Å². The summed E-state index contributed by atoms with van der Waals surface area (Å²) in [6.07, 6.45) is 9.30. The van der Waals surface area contributed by atoms with E-state index in [0.717, 1.165) is 12.3 Å². The van der Waals surface area contributed by atoms with Crippen molar-refractivity contribution in [3.05, 3.63) is 17.6 Å². The minimum atomic E-state index is 0.409. The van der Waals surface area contributed by atoms with Crippen LogP contribution in [0.25, 0.3) is 0 Å². The first-order chi connectivity index (χ1) is 7.88. The molecule has 3 heteroatoms. The minimum absolute atomic E-state index is 0.409. The molecule has 0 N–H and O–H groups in total. The molecule has 2 saturated carbocycles. The van der Waals surface area contributed by atoms with Gasteiger partial charge in [-0.2, -0.15) is 0 Å². The van der Waals surface area contributed by atoms with Gasteiger partial charge in [-0.05, 0) is 38.5 Å². The van der Waals surface area contributed by atoms with E-state index in [2.05, 4.69) is 16.9 Å². The van der Waals surface area contributed by atoms with Crippen molar-refractivity contribution >= 4 is 0 Å². The molecule has 0 aromatic carbocycles. The van der Waals surface area contributed by atoms with Gasteiger partial charge >= 0.3 is 0 Å². The average Bonchev–Trinajstić information content (AvgIpc) is 3.06. The predicted molar refractivity (Wildman–Crippen MR) is 61.7 cm³/mol. The Kier molecular flexibility index (Phi) is 2.54. The molecule has 2 aliphatic rings. The average molecular weight is 218 g/mol. The predicted octanol–water partition coefficient (Wildman–Crippen LogP) is 2.85. The lowest BCUT2D eigenvalue weighted by Crippen LogP contribution is -2.25. The summed E-state index contributed by atoms with van der Waals surface area (Å²) in [5.74, 6) is 1.53. The van der Waals surface area contributed by atoms with Gasteiger partial charge in [-0.3, -0.25) is 0 Å². The first-order valence-electron chi connectivity index (χ1n) is 6.39. The summed E-state index contributed by atoms with van der Waals surface area (Å²) in [5.41, 5.74) is 2.49. The zero-order valence-electron chi connectivity index (χ0n) is 9.78. The Hall–Kier alpha value is -1.12. The highest BCUT2D eigenvalue weighted by Crippen LogP contribution is 2.42. The molecule has 1 heterocycles. The molecule has 0 amide bonds. The summed E-state index contributed by atoms with van der Waals surface area (Å²) in [6, 6.07) is 0. The van der Waals surface area contributed by atoms with Crippen LogP contribution in [0.3, 0.4) is 0 Å². The Morgan fingerprint density at radius 3 is 2.62 bits per heavy atom. The van der Waals surface area contributed by atoms with Crippen molar-refractivity contribution in [3.8, 4) is 5.88 Å². The third kappa shape index (κ3) is 1.79. The lowest BCUT2D eigenvalue weighted by atomic mass is 9.96. The third-order valence-electron chi connectivity index (χ3n) is 3.59. The molecule has 1 aromatic heterocycles. The second-order valence-corrected chi connectivity index (χ2v) is 4.84. The van der Waals surface area contributed by atoms with Crippen LogP contribution < -0.4 is 4.74 Å². The molecule has 16 heavy (non-hydrogen) atoms. The van der Waals surface area contributed by atoms with E-state index in [1.807, 2.05) is 0 Å².